The van der Waals surface area contributed by atoms with E-state index in [-0.39, 0.29) is 11.0 Å². The zero-order chi connectivity index (χ0) is 24.7. The molecule has 0 aliphatic heterocycles. The van der Waals surface area contributed by atoms with Crippen LogP contribution in [0.5, 0.6) is 11.5 Å². The number of hydrogen-bond donors (Lipinski definition) is 1. The van der Waals surface area contributed by atoms with Crippen molar-refractivity contribution < 1.29 is 22.7 Å². The molecule has 3 aromatic carbocycles. The van der Waals surface area contributed by atoms with Crippen LogP contribution in [0.15, 0.2) is 77.7 Å². The molecular formula is C26H30N2O5S. The molecule has 0 bridgehead atoms. The number of nitrogens with zero attached hydrogens (tertiary/aromatic N) is 1. The maximum Gasteiger partial charge on any atom is 0.264 e. The Morgan fingerprint density at radius 2 is 1.65 bits per heavy atom. The predicted octanol–water partition coefficient (Wildman–Crippen LogP) is 5.01. The van der Waals surface area contributed by atoms with E-state index in [1.165, 1.54) is 12.1 Å². The van der Waals surface area contributed by atoms with Crippen molar-refractivity contribution in [2.24, 2.45) is 0 Å². The Morgan fingerprint density at radius 3 is 2.26 bits per heavy atom. The summed E-state index contributed by atoms with van der Waals surface area (Å²) in [6.45, 7) is 7.67. The summed E-state index contributed by atoms with van der Waals surface area (Å²) in [4.78, 5) is 13.0. The molecule has 0 aliphatic rings. The average Bonchev–Trinajstić information content (AvgIpc) is 2.78. The highest BCUT2D eigenvalue weighted by Gasteiger charge is 2.27. The zero-order valence-electron chi connectivity index (χ0n) is 19.8. The fourth-order valence-electron chi connectivity index (χ4n) is 3.28. The van der Waals surface area contributed by atoms with Gasteiger partial charge < -0.3 is 14.8 Å². The number of nitrogens with one attached hydrogen (secondary N) is 1. The summed E-state index contributed by atoms with van der Waals surface area (Å²) in [5.74, 6) is 0.714. The summed E-state index contributed by atoms with van der Waals surface area (Å²) < 4.78 is 39.3. The summed E-state index contributed by atoms with van der Waals surface area (Å²) >= 11 is 0. The lowest BCUT2D eigenvalue weighted by Gasteiger charge is -2.24. The number of sulfonamides is 1. The first-order valence-electron chi connectivity index (χ1n) is 11.1. The van der Waals surface area contributed by atoms with Gasteiger partial charge in [0.15, 0.2) is 0 Å². The second-order valence-corrected chi connectivity index (χ2v) is 9.86. The van der Waals surface area contributed by atoms with Crippen LogP contribution in [0.4, 0.5) is 11.4 Å². The number of rotatable bonds is 10. The van der Waals surface area contributed by atoms with Crippen LogP contribution >= 0.6 is 0 Å². The van der Waals surface area contributed by atoms with E-state index in [4.69, 9.17) is 9.47 Å². The smallest absolute Gasteiger partial charge is 0.264 e. The Hall–Kier alpha value is -3.52. The maximum absolute atomic E-state index is 13.5. The number of hydrogen-bond acceptors (Lipinski definition) is 5. The van der Waals surface area contributed by atoms with Crippen LogP contribution in [0, 0.1) is 6.92 Å². The summed E-state index contributed by atoms with van der Waals surface area (Å²) in [5.41, 5.74) is 1.89. The number of anilines is 2. The third-order valence-corrected chi connectivity index (χ3v) is 6.61. The van der Waals surface area contributed by atoms with Gasteiger partial charge >= 0.3 is 0 Å². The Balaban J connectivity index is 1.87. The van der Waals surface area contributed by atoms with E-state index >= 15 is 0 Å². The molecule has 3 aromatic rings. The van der Waals surface area contributed by atoms with Crippen molar-refractivity contribution >= 4 is 27.3 Å². The van der Waals surface area contributed by atoms with Crippen LogP contribution in [-0.4, -0.2) is 33.6 Å². The van der Waals surface area contributed by atoms with Crippen molar-refractivity contribution in [2.45, 2.75) is 38.7 Å². The fraction of sp³-hybridized carbons (Fsp3) is 0.269. The molecule has 0 aromatic heterocycles. The minimum atomic E-state index is -4.02. The number of carbonyl (C=O) groups is 1. The Bertz CT molecular complexity index is 1210. The van der Waals surface area contributed by atoms with Crippen molar-refractivity contribution in [3.05, 3.63) is 78.4 Å². The SMILES string of the molecule is CCOc1ccc(S(=O)(=O)N(CC(=O)Nc2cccc(OC(C)C)c2)c2ccc(C)cc2)cc1. The van der Waals surface area contributed by atoms with Crippen molar-refractivity contribution in [2.75, 3.05) is 22.8 Å². The molecule has 3 rings (SSSR count). The van der Waals surface area contributed by atoms with Crippen LogP contribution < -0.4 is 19.1 Å². The third kappa shape index (κ3) is 6.51. The van der Waals surface area contributed by atoms with Gasteiger partial charge in [-0.3, -0.25) is 9.10 Å². The lowest BCUT2D eigenvalue weighted by atomic mass is 10.2. The van der Waals surface area contributed by atoms with Gasteiger partial charge in [-0.1, -0.05) is 23.8 Å². The molecule has 7 nitrogen and oxygen atoms in total. The van der Waals surface area contributed by atoms with Gasteiger partial charge in [-0.05, 0) is 76.2 Å². The van der Waals surface area contributed by atoms with Crippen molar-refractivity contribution in [3.63, 3.8) is 0 Å². The zero-order valence-corrected chi connectivity index (χ0v) is 20.6. The van der Waals surface area contributed by atoms with Gasteiger partial charge in [0, 0.05) is 11.8 Å². The topological polar surface area (TPSA) is 84.9 Å². The van der Waals surface area contributed by atoms with E-state index in [0.717, 1.165) is 9.87 Å². The van der Waals surface area contributed by atoms with Crippen LogP contribution in [0.1, 0.15) is 26.3 Å². The van der Waals surface area contributed by atoms with Gasteiger partial charge in [0.1, 0.15) is 18.0 Å². The average molecular weight is 483 g/mol. The summed E-state index contributed by atoms with van der Waals surface area (Å²) in [6.07, 6.45) is -0.0118. The number of aryl methyl sites for hydroxylation is 1. The maximum atomic E-state index is 13.5. The first-order chi connectivity index (χ1) is 16.2. The summed E-state index contributed by atoms with van der Waals surface area (Å²) in [6, 6.07) is 20.1. The van der Waals surface area contributed by atoms with Crippen LogP contribution in [0.3, 0.4) is 0 Å². The number of carbonyl (C=O) groups excluding carboxylic acids is 1. The molecule has 8 heteroatoms. The second-order valence-electron chi connectivity index (χ2n) is 7.99. The van der Waals surface area contributed by atoms with E-state index in [2.05, 4.69) is 5.32 Å². The first-order valence-corrected chi connectivity index (χ1v) is 12.5. The minimum Gasteiger partial charge on any atom is -0.494 e. The van der Waals surface area contributed by atoms with Gasteiger partial charge in [0.05, 0.1) is 23.3 Å². The molecule has 0 fully saturated rings. The first kappa shape index (κ1) is 25.1. The Kier molecular flexibility index (Phi) is 8.17. The highest BCUT2D eigenvalue weighted by atomic mass is 32.2. The largest absolute Gasteiger partial charge is 0.494 e. The molecule has 1 amide bonds. The molecule has 0 unspecified atom stereocenters. The van der Waals surface area contributed by atoms with E-state index in [9.17, 15) is 13.2 Å². The molecule has 0 saturated carbocycles. The van der Waals surface area contributed by atoms with Gasteiger partial charge in [-0.2, -0.15) is 0 Å². The molecule has 34 heavy (non-hydrogen) atoms. The van der Waals surface area contributed by atoms with E-state index < -0.39 is 22.5 Å². The Morgan fingerprint density at radius 1 is 0.971 bits per heavy atom. The molecular weight excluding hydrogens is 452 g/mol. The monoisotopic (exact) mass is 482 g/mol. The molecule has 180 valence electrons. The number of amides is 1. The highest BCUT2D eigenvalue weighted by molar-refractivity contribution is 7.92. The summed E-state index contributed by atoms with van der Waals surface area (Å²) in [5, 5.41) is 2.77. The second kappa shape index (κ2) is 11.1. The fourth-order valence-corrected chi connectivity index (χ4v) is 4.70. The standard InChI is InChI=1S/C26H30N2O5S/c1-5-32-23-13-15-25(16-14-23)34(30,31)28(22-11-9-20(4)10-12-22)18-26(29)27-21-7-6-8-24(17-21)33-19(2)3/h6-17,19H,5,18H2,1-4H3,(H,27,29). The predicted molar refractivity (Wildman–Crippen MR) is 134 cm³/mol. The van der Waals surface area contributed by atoms with Gasteiger partial charge in [-0.15, -0.1) is 0 Å². The van der Waals surface area contributed by atoms with Crippen molar-refractivity contribution in [1.82, 2.24) is 0 Å². The normalized spacial score (nSPS) is 11.2. The van der Waals surface area contributed by atoms with E-state index in [0.29, 0.717) is 29.5 Å². The Labute approximate surface area is 201 Å². The molecule has 1 N–H and O–H groups in total. The van der Waals surface area contributed by atoms with Crippen molar-refractivity contribution in [1.29, 1.82) is 0 Å². The highest BCUT2D eigenvalue weighted by Crippen LogP contribution is 2.26. The van der Waals surface area contributed by atoms with Crippen LogP contribution in [0.2, 0.25) is 0 Å². The molecule has 0 aliphatic carbocycles. The van der Waals surface area contributed by atoms with Gasteiger partial charge in [-0.25, -0.2) is 8.42 Å². The third-order valence-electron chi connectivity index (χ3n) is 4.82. The van der Waals surface area contributed by atoms with Crippen molar-refractivity contribution in [3.8, 4) is 11.5 Å². The molecule has 0 atom stereocenters. The number of benzene rings is 3. The van der Waals surface area contributed by atoms with Gasteiger partial charge in [0.2, 0.25) is 5.91 Å². The molecule has 0 saturated heterocycles. The summed E-state index contributed by atoms with van der Waals surface area (Å²) in [7, 11) is -4.02. The lowest BCUT2D eigenvalue weighted by Crippen LogP contribution is -2.38. The molecule has 0 radical (unpaired) electrons. The molecule has 0 spiro atoms. The van der Waals surface area contributed by atoms with E-state index in [1.807, 2.05) is 27.7 Å². The minimum absolute atomic E-state index is 0.0118. The number of ether oxygens (including phenoxy) is 2. The molecule has 0 heterocycles. The lowest BCUT2D eigenvalue weighted by molar-refractivity contribution is -0.114. The van der Waals surface area contributed by atoms with Crippen LogP contribution in [0.25, 0.3) is 0 Å². The van der Waals surface area contributed by atoms with E-state index in [1.54, 1.807) is 60.7 Å². The van der Waals surface area contributed by atoms with Crippen LogP contribution in [-0.2, 0) is 14.8 Å². The van der Waals surface area contributed by atoms with Gasteiger partial charge in [0.25, 0.3) is 10.0 Å². The quantitative estimate of drug-likeness (QED) is 0.439.